The number of nitrogens with one attached hydrogen (secondary N) is 3. The van der Waals surface area contributed by atoms with Crippen LogP contribution in [0.3, 0.4) is 0 Å². The van der Waals surface area contributed by atoms with E-state index in [-0.39, 0.29) is 0 Å². The topological polar surface area (TPSA) is 95.3 Å². The van der Waals surface area contributed by atoms with E-state index < -0.39 is 0 Å². The van der Waals surface area contributed by atoms with Crippen molar-refractivity contribution in [2.75, 3.05) is 38.5 Å². The van der Waals surface area contributed by atoms with E-state index in [9.17, 15) is 0 Å². The Morgan fingerprint density at radius 2 is 1.81 bits per heavy atom. The van der Waals surface area contributed by atoms with Crippen molar-refractivity contribution in [1.29, 1.82) is 0 Å². The minimum Gasteiger partial charge on any atom is -0.368 e. The minimum absolute atomic E-state index is 0.531. The molecule has 0 amide bonds. The molecular formula is C18H33N9. The smallest absolute Gasteiger partial charge is 0.191 e. The number of hydrogen-bond acceptors (Lipinski definition) is 6. The summed E-state index contributed by atoms with van der Waals surface area (Å²) in [5, 5.41) is 15.2. The zero-order chi connectivity index (χ0) is 19.8. The van der Waals surface area contributed by atoms with E-state index >= 15 is 0 Å². The fourth-order valence-corrected chi connectivity index (χ4v) is 3.10. The summed E-state index contributed by atoms with van der Waals surface area (Å²) in [7, 11) is 3.66. The molecule has 0 aliphatic rings. The molecule has 150 valence electrons. The van der Waals surface area contributed by atoms with Gasteiger partial charge in [0.1, 0.15) is 12.1 Å². The normalized spacial score (nSPS) is 12.4. The SMILES string of the molecule is CN=C(NCCNc1ncnc2c1cnn2C)NCCN(C(C)C)C(C)C. The monoisotopic (exact) mass is 375 g/mol. The van der Waals surface area contributed by atoms with Crippen LogP contribution in [0.1, 0.15) is 27.7 Å². The molecule has 2 aromatic heterocycles. The Hall–Kier alpha value is -2.42. The third kappa shape index (κ3) is 5.78. The van der Waals surface area contributed by atoms with Crippen molar-refractivity contribution in [3.8, 4) is 0 Å². The quantitative estimate of drug-likeness (QED) is 0.343. The first kappa shape index (κ1) is 20.9. The van der Waals surface area contributed by atoms with E-state index in [4.69, 9.17) is 0 Å². The minimum atomic E-state index is 0.531. The molecule has 27 heavy (non-hydrogen) atoms. The zero-order valence-corrected chi connectivity index (χ0v) is 17.3. The molecule has 2 aromatic rings. The highest BCUT2D eigenvalue weighted by Gasteiger charge is 2.12. The van der Waals surface area contributed by atoms with Crippen molar-refractivity contribution >= 4 is 22.8 Å². The lowest BCUT2D eigenvalue weighted by molar-refractivity contribution is 0.178. The first-order chi connectivity index (χ1) is 12.9. The first-order valence-electron chi connectivity index (χ1n) is 9.50. The Morgan fingerprint density at radius 1 is 1.11 bits per heavy atom. The third-order valence-electron chi connectivity index (χ3n) is 4.45. The van der Waals surface area contributed by atoms with Gasteiger partial charge in [0, 0.05) is 52.4 Å². The first-order valence-corrected chi connectivity index (χ1v) is 9.50. The maximum atomic E-state index is 4.30. The largest absolute Gasteiger partial charge is 0.368 e. The Balaban J connectivity index is 1.75. The third-order valence-corrected chi connectivity index (χ3v) is 4.45. The molecule has 2 heterocycles. The van der Waals surface area contributed by atoms with E-state index in [1.54, 1.807) is 24.3 Å². The number of hydrogen-bond donors (Lipinski definition) is 3. The number of fused-ring (bicyclic) bond motifs is 1. The molecule has 0 atom stereocenters. The van der Waals surface area contributed by atoms with Crippen LogP contribution in [0.25, 0.3) is 11.0 Å². The number of aliphatic imine (C=N–C) groups is 1. The zero-order valence-electron chi connectivity index (χ0n) is 17.3. The van der Waals surface area contributed by atoms with Crippen LogP contribution in [0, 0.1) is 0 Å². The molecule has 0 unspecified atom stereocenters. The molecule has 0 spiro atoms. The van der Waals surface area contributed by atoms with Gasteiger partial charge in [-0.1, -0.05) is 0 Å². The van der Waals surface area contributed by atoms with Crippen molar-refractivity contribution in [2.24, 2.45) is 12.0 Å². The fraction of sp³-hybridized carbons (Fsp3) is 0.667. The van der Waals surface area contributed by atoms with E-state index in [1.807, 2.05) is 7.05 Å². The number of guanidine groups is 1. The average molecular weight is 376 g/mol. The van der Waals surface area contributed by atoms with E-state index in [0.717, 1.165) is 42.4 Å². The maximum Gasteiger partial charge on any atom is 0.191 e. The van der Waals surface area contributed by atoms with Crippen molar-refractivity contribution in [3.05, 3.63) is 12.5 Å². The fourth-order valence-electron chi connectivity index (χ4n) is 3.10. The van der Waals surface area contributed by atoms with Crippen LogP contribution in [-0.4, -0.2) is 75.9 Å². The molecule has 0 saturated carbocycles. The van der Waals surface area contributed by atoms with Crippen LogP contribution >= 0.6 is 0 Å². The second-order valence-electron chi connectivity index (χ2n) is 7.01. The van der Waals surface area contributed by atoms with Gasteiger partial charge >= 0.3 is 0 Å². The average Bonchev–Trinajstić information content (AvgIpc) is 3.01. The van der Waals surface area contributed by atoms with Gasteiger partial charge in [-0.3, -0.25) is 14.6 Å². The van der Waals surface area contributed by atoms with Gasteiger partial charge in [0.25, 0.3) is 0 Å². The Bertz CT molecular complexity index is 728. The van der Waals surface area contributed by atoms with E-state index in [0.29, 0.717) is 18.6 Å². The Labute approximate surface area is 161 Å². The van der Waals surface area contributed by atoms with Crippen LogP contribution in [0.15, 0.2) is 17.5 Å². The van der Waals surface area contributed by atoms with Crippen LogP contribution in [0.5, 0.6) is 0 Å². The number of aromatic nitrogens is 4. The lowest BCUT2D eigenvalue weighted by Crippen LogP contribution is -2.46. The molecule has 9 nitrogen and oxygen atoms in total. The van der Waals surface area contributed by atoms with E-state index in [2.05, 4.69) is 68.6 Å². The lowest BCUT2D eigenvalue weighted by Gasteiger charge is -2.30. The van der Waals surface area contributed by atoms with Crippen molar-refractivity contribution < 1.29 is 0 Å². The second-order valence-corrected chi connectivity index (χ2v) is 7.01. The molecule has 0 aliphatic carbocycles. The molecule has 0 aromatic carbocycles. The van der Waals surface area contributed by atoms with Gasteiger partial charge in [-0.05, 0) is 27.7 Å². The van der Waals surface area contributed by atoms with Gasteiger partial charge in [0.15, 0.2) is 11.6 Å². The summed E-state index contributed by atoms with van der Waals surface area (Å²) in [5.74, 6) is 1.60. The van der Waals surface area contributed by atoms with Crippen LogP contribution in [-0.2, 0) is 7.05 Å². The number of anilines is 1. The van der Waals surface area contributed by atoms with Gasteiger partial charge < -0.3 is 16.0 Å². The summed E-state index contributed by atoms with van der Waals surface area (Å²) >= 11 is 0. The van der Waals surface area contributed by atoms with Crippen molar-refractivity contribution in [2.45, 2.75) is 39.8 Å². The summed E-state index contributed by atoms with van der Waals surface area (Å²) in [6, 6.07) is 1.06. The molecule has 0 fully saturated rings. The van der Waals surface area contributed by atoms with Gasteiger partial charge in [-0.15, -0.1) is 0 Å². The standard InChI is InChI=1S/C18H33N9/c1-13(2)27(14(3)4)10-9-22-18(19-5)21-8-7-20-16-15-11-25-26(6)17(15)24-12-23-16/h11-14H,7-10H2,1-6H3,(H2,19,21,22)(H,20,23,24). The van der Waals surface area contributed by atoms with Crippen LogP contribution in [0.2, 0.25) is 0 Å². The maximum absolute atomic E-state index is 4.30. The summed E-state index contributed by atoms with van der Waals surface area (Å²) in [6.45, 7) is 12.2. The summed E-state index contributed by atoms with van der Waals surface area (Å²) in [4.78, 5) is 15.3. The van der Waals surface area contributed by atoms with Gasteiger partial charge in [-0.25, -0.2) is 9.97 Å². The molecule has 0 saturated heterocycles. The lowest BCUT2D eigenvalue weighted by atomic mass is 10.2. The van der Waals surface area contributed by atoms with Crippen LogP contribution in [0.4, 0.5) is 5.82 Å². The van der Waals surface area contributed by atoms with Gasteiger partial charge in [-0.2, -0.15) is 5.10 Å². The molecule has 2 rings (SSSR count). The number of nitrogens with zero attached hydrogens (tertiary/aromatic N) is 6. The molecule has 0 radical (unpaired) electrons. The molecule has 3 N–H and O–H groups in total. The van der Waals surface area contributed by atoms with Gasteiger partial charge in [0.2, 0.25) is 0 Å². The predicted molar refractivity (Wildman–Crippen MR) is 111 cm³/mol. The van der Waals surface area contributed by atoms with Gasteiger partial charge in [0.05, 0.1) is 11.6 Å². The molecule has 0 aliphatic heterocycles. The Morgan fingerprint density at radius 3 is 2.48 bits per heavy atom. The van der Waals surface area contributed by atoms with E-state index in [1.165, 1.54) is 0 Å². The highest BCUT2D eigenvalue weighted by atomic mass is 15.3. The summed E-state index contributed by atoms with van der Waals surface area (Å²) in [6.07, 6.45) is 3.33. The summed E-state index contributed by atoms with van der Waals surface area (Å²) < 4.78 is 1.74. The Kier molecular flexibility index (Phi) is 7.78. The predicted octanol–water partition coefficient (Wildman–Crippen LogP) is 1.06. The number of aryl methyl sites for hydroxylation is 1. The molecule has 0 bridgehead atoms. The number of rotatable bonds is 9. The second kappa shape index (κ2) is 10.1. The highest BCUT2D eigenvalue weighted by Crippen LogP contribution is 2.16. The van der Waals surface area contributed by atoms with Crippen LogP contribution < -0.4 is 16.0 Å². The van der Waals surface area contributed by atoms with Crippen molar-refractivity contribution in [3.63, 3.8) is 0 Å². The van der Waals surface area contributed by atoms with Crippen molar-refractivity contribution in [1.82, 2.24) is 35.3 Å². The highest BCUT2D eigenvalue weighted by molar-refractivity contribution is 5.86. The molecular weight excluding hydrogens is 342 g/mol. The molecule has 9 heteroatoms. The summed E-state index contributed by atoms with van der Waals surface area (Å²) in [5.41, 5.74) is 0.817.